The van der Waals surface area contributed by atoms with Gasteiger partial charge >= 0.3 is 4.83 Å². The topological polar surface area (TPSA) is 0 Å². The van der Waals surface area contributed by atoms with Crippen molar-refractivity contribution in [3.63, 3.8) is 0 Å². The Morgan fingerprint density at radius 2 is 1.29 bits per heavy atom. The average molecular weight is 505 g/mol. The van der Waals surface area contributed by atoms with Crippen molar-refractivity contribution >= 4 is 15.9 Å². The van der Waals surface area contributed by atoms with Gasteiger partial charge in [0.05, 0.1) is 0 Å². The van der Waals surface area contributed by atoms with Crippen LogP contribution in [0.1, 0.15) is 102 Å². The van der Waals surface area contributed by atoms with Crippen LogP contribution >= 0.6 is 15.9 Å². The molecule has 31 heavy (non-hydrogen) atoms. The van der Waals surface area contributed by atoms with Crippen molar-refractivity contribution in [2.45, 2.75) is 102 Å². The Morgan fingerprint density at radius 1 is 0.806 bits per heavy atom. The van der Waals surface area contributed by atoms with Crippen molar-refractivity contribution in [2.24, 2.45) is 23.7 Å². The van der Waals surface area contributed by atoms with E-state index < -0.39 is 22.0 Å². The van der Waals surface area contributed by atoms with Gasteiger partial charge in [-0.15, -0.1) is 0 Å². The van der Waals surface area contributed by atoms with Gasteiger partial charge in [0.2, 0.25) is 0 Å². The first-order chi connectivity index (χ1) is 14.8. The third kappa shape index (κ3) is 7.20. The van der Waals surface area contributed by atoms with Gasteiger partial charge in [-0.25, -0.2) is 8.78 Å². The lowest BCUT2D eigenvalue weighted by Crippen LogP contribution is -2.26. The molecule has 0 radical (unpaired) electrons. The number of unbranched alkanes of at least 4 members (excludes halogenated alkanes) is 2. The van der Waals surface area contributed by atoms with Gasteiger partial charge in [0.25, 0.3) is 0 Å². The molecular formula is C26H37BrF4. The van der Waals surface area contributed by atoms with Crippen LogP contribution in [0.15, 0.2) is 12.1 Å². The number of alkyl halides is 3. The summed E-state index contributed by atoms with van der Waals surface area (Å²) in [5, 5.41) is 0. The third-order valence-corrected chi connectivity index (χ3v) is 8.29. The molecule has 1 aromatic rings. The highest BCUT2D eigenvalue weighted by Gasteiger charge is 2.35. The lowest BCUT2D eigenvalue weighted by atomic mass is 9.68. The standard InChI is InChI=1S/C26H37BrF4/c1-2-3-4-5-18-8-12-21(13-9-18)22-14-10-19(11-15-22)6-7-20-16-23(28)25(24(29)17-20)26(27,30)31/h16-19,21-22H,2-15H2,1H3. The molecule has 0 bridgehead atoms. The van der Waals surface area contributed by atoms with Crippen LogP contribution in [0.4, 0.5) is 17.6 Å². The summed E-state index contributed by atoms with van der Waals surface area (Å²) >= 11 is 2.06. The molecule has 0 atom stereocenters. The van der Waals surface area contributed by atoms with E-state index in [1.807, 2.05) is 0 Å². The smallest absolute Gasteiger partial charge is 0.206 e. The Morgan fingerprint density at radius 3 is 1.74 bits per heavy atom. The largest absolute Gasteiger partial charge is 0.332 e. The van der Waals surface area contributed by atoms with E-state index in [2.05, 4.69) is 22.9 Å². The summed E-state index contributed by atoms with van der Waals surface area (Å²) in [5.41, 5.74) is -0.726. The van der Waals surface area contributed by atoms with E-state index in [9.17, 15) is 17.6 Å². The summed E-state index contributed by atoms with van der Waals surface area (Å²) in [4.78, 5) is -3.69. The van der Waals surface area contributed by atoms with E-state index in [-0.39, 0.29) is 0 Å². The summed E-state index contributed by atoms with van der Waals surface area (Å²) in [6, 6.07) is 2.14. The monoisotopic (exact) mass is 504 g/mol. The number of hydrogen-bond acceptors (Lipinski definition) is 0. The van der Waals surface area contributed by atoms with Crippen molar-refractivity contribution in [1.29, 1.82) is 0 Å². The first-order valence-electron chi connectivity index (χ1n) is 12.3. The van der Waals surface area contributed by atoms with E-state index in [0.717, 1.165) is 36.3 Å². The second-order valence-corrected chi connectivity index (χ2v) is 11.0. The van der Waals surface area contributed by atoms with Crippen LogP contribution in [0, 0.1) is 35.3 Å². The molecule has 3 rings (SSSR count). The molecule has 0 spiro atoms. The van der Waals surface area contributed by atoms with Crippen LogP contribution in [-0.2, 0) is 11.3 Å². The maximum absolute atomic E-state index is 14.0. The number of benzene rings is 1. The van der Waals surface area contributed by atoms with Crippen molar-refractivity contribution < 1.29 is 17.6 Å². The minimum atomic E-state index is -3.69. The molecule has 2 saturated carbocycles. The molecule has 0 unspecified atom stereocenters. The Hall–Kier alpha value is -0.580. The van der Waals surface area contributed by atoms with Crippen molar-refractivity contribution in [3.05, 3.63) is 34.9 Å². The lowest BCUT2D eigenvalue weighted by Gasteiger charge is -2.38. The summed E-state index contributed by atoms with van der Waals surface area (Å²) in [5.74, 6) is 0.922. The summed E-state index contributed by atoms with van der Waals surface area (Å²) in [6.07, 6.45) is 17.4. The average Bonchev–Trinajstić information content (AvgIpc) is 2.72. The quantitative estimate of drug-likeness (QED) is 0.178. The Kier molecular flexibility index (Phi) is 9.31. The second-order valence-electron chi connectivity index (χ2n) is 10.0. The van der Waals surface area contributed by atoms with Gasteiger partial charge in [-0.1, -0.05) is 58.3 Å². The van der Waals surface area contributed by atoms with Crippen LogP contribution in [0.25, 0.3) is 0 Å². The van der Waals surface area contributed by atoms with Crippen molar-refractivity contribution in [1.82, 2.24) is 0 Å². The van der Waals surface area contributed by atoms with Crippen LogP contribution < -0.4 is 0 Å². The Balaban J connectivity index is 1.40. The number of hydrogen-bond donors (Lipinski definition) is 0. The van der Waals surface area contributed by atoms with E-state index in [1.165, 1.54) is 77.0 Å². The highest BCUT2D eigenvalue weighted by Crippen LogP contribution is 2.43. The van der Waals surface area contributed by atoms with Gasteiger partial charge in [-0.2, -0.15) is 8.78 Å². The van der Waals surface area contributed by atoms with E-state index in [0.29, 0.717) is 17.9 Å². The van der Waals surface area contributed by atoms with Gasteiger partial charge in [0.15, 0.2) is 0 Å². The molecule has 0 aliphatic heterocycles. The zero-order valence-corrected chi connectivity index (χ0v) is 20.3. The van der Waals surface area contributed by atoms with Gasteiger partial charge < -0.3 is 0 Å². The summed E-state index contributed by atoms with van der Waals surface area (Å²) < 4.78 is 54.6. The molecule has 0 saturated heterocycles. The molecular weight excluding hydrogens is 468 g/mol. The van der Waals surface area contributed by atoms with E-state index in [4.69, 9.17) is 0 Å². The zero-order valence-electron chi connectivity index (χ0n) is 18.8. The molecule has 2 aliphatic rings. The minimum Gasteiger partial charge on any atom is -0.206 e. The van der Waals surface area contributed by atoms with Crippen LogP contribution in [0.3, 0.4) is 0 Å². The highest BCUT2D eigenvalue weighted by atomic mass is 79.9. The molecule has 0 aromatic heterocycles. The fourth-order valence-corrected chi connectivity index (χ4v) is 6.37. The minimum absolute atomic E-state index is 0.471. The molecule has 0 nitrogen and oxygen atoms in total. The molecule has 0 heterocycles. The third-order valence-electron chi connectivity index (χ3n) is 7.89. The van der Waals surface area contributed by atoms with Gasteiger partial charge in [-0.05, 0) is 95.8 Å². The van der Waals surface area contributed by atoms with Crippen molar-refractivity contribution in [3.8, 4) is 0 Å². The Bertz CT molecular complexity index is 660. The van der Waals surface area contributed by atoms with Crippen LogP contribution in [-0.4, -0.2) is 0 Å². The maximum atomic E-state index is 14.0. The first kappa shape index (κ1) is 25.1. The van der Waals surface area contributed by atoms with Gasteiger partial charge in [0, 0.05) is 0 Å². The number of halogens is 5. The second kappa shape index (κ2) is 11.5. The first-order valence-corrected chi connectivity index (χ1v) is 13.1. The fraction of sp³-hybridized carbons (Fsp3) is 0.769. The number of rotatable bonds is 9. The summed E-state index contributed by atoms with van der Waals surface area (Å²) in [7, 11) is 0. The molecule has 176 valence electrons. The Labute approximate surface area is 193 Å². The fourth-order valence-electron chi connectivity index (χ4n) is 5.99. The molecule has 1 aromatic carbocycles. The highest BCUT2D eigenvalue weighted by molar-refractivity contribution is 9.09. The van der Waals surface area contributed by atoms with Crippen LogP contribution in [0.2, 0.25) is 0 Å². The van der Waals surface area contributed by atoms with E-state index in [1.54, 1.807) is 0 Å². The molecule has 0 amide bonds. The van der Waals surface area contributed by atoms with Crippen molar-refractivity contribution in [2.75, 3.05) is 0 Å². The predicted molar refractivity (Wildman–Crippen MR) is 123 cm³/mol. The molecule has 5 heteroatoms. The molecule has 2 fully saturated rings. The van der Waals surface area contributed by atoms with Crippen LogP contribution in [0.5, 0.6) is 0 Å². The van der Waals surface area contributed by atoms with Gasteiger partial charge in [0.1, 0.15) is 17.2 Å². The van der Waals surface area contributed by atoms with Gasteiger partial charge in [-0.3, -0.25) is 0 Å². The summed E-state index contributed by atoms with van der Waals surface area (Å²) in [6.45, 7) is 2.27. The lowest BCUT2D eigenvalue weighted by molar-refractivity contribution is 0.105. The molecule has 2 aliphatic carbocycles. The number of aryl methyl sites for hydroxylation is 1. The zero-order chi connectivity index (χ0) is 22.4. The maximum Gasteiger partial charge on any atom is 0.332 e. The predicted octanol–water partition coefficient (Wildman–Crippen LogP) is 9.53. The molecule has 0 N–H and O–H groups in total. The SMILES string of the molecule is CCCCCC1CCC(C2CCC(CCc3cc(F)c(C(F)(F)Br)c(F)c3)CC2)CC1. The normalized spacial score (nSPS) is 27.4. The van der Waals surface area contributed by atoms with E-state index >= 15 is 0 Å².